The molecular weight excluding hydrogens is 442 g/mol. The summed E-state index contributed by atoms with van der Waals surface area (Å²) in [7, 11) is 0. The number of hydrogen-bond acceptors (Lipinski definition) is 6. The molecule has 1 aromatic heterocycles. The van der Waals surface area contributed by atoms with Gasteiger partial charge in [-0.05, 0) is 43.1 Å². The van der Waals surface area contributed by atoms with Crippen LogP contribution in [0.5, 0.6) is 0 Å². The highest BCUT2D eigenvalue weighted by Crippen LogP contribution is 2.60. The summed E-state index contributed by atoms with van der Waals surface area (Å²) in [5.74, 6) is -4.53. The van der Waals surface area contributed by atoms with Crippen molar-refractivity contribution in [2.45, 2.75) is 52.9 Å². The number of allylic oxidation sites excluding steroid dienone is 1. The molecule has 1 aromatic rings. The van der Waals surface area contributed by atoms with Gasteiger partial charge in [0.15, 0.2) is 0 Å². The highest BCUT2D eigenvalue weighted by molar-refractivity contribution is 7.09. The molecule has 0 N–H and O–H groups in total. The SMILES string of the molecule is CCOC(=O)C(F)=C[C@H]1[C@@H](C(=O)OCc2sc(=O)n(CC3CC3)c2C(F)(F)F)C1(C)C. The second-order valence-electron chi connectivity index (χ2n) is 8.36. The van der Waals surface area contributed by atoms with Crippen molar-refractivity contribution in [2.75, 3.05) is 6.61 Å². The Balaban J connectivity index is 1.72. The molecule has 0 aromatic carbocycles. The molecule has 172 valence electrons. The normalized spacial score (nSPS) is 22.9. The summed E-state index contributed by atoms with van der Waals surface area (Å²) in [4.78, 5) is 34.9. The predicted octanol–water partition coefficient (Wildman–Crippen LogP) is 4.07. The molecule has 0 radical (unpaired) electrons. The zero-order valence-corrected chi connectivity index (χ0v) is 18.1. The predicted molar refractivity (Wildman–Crippen MR) is 103 cm³/mol. The van der Waals surface area contributed by atoms with Crippen LogP contribution >= 0.6 is 11.3 Å². The number of aromatic nitrogens is 1. The van der Waals surface area contributed by atoms with E-state index in [1.807, 2.05) is 0 Å². The number of esters is 2. The van der Waals surface area contributed by atoms with Crippen LogP contribution in [-0.4, -0.2) is 23.1 Å². The van der Waals surface area contributed by atoms with Crippen molar-refractivity contribution < 1.29 is 36.6 Å². The Labute approximate surface area is 179 Å². The number of carbonyl (C=O) groups is 2. The van der Waals surface area contributed by atoms with E-state index in [0.717, 1.165) is 18.9 Å². The average molecular weight is 465 g/mol. The third kappa shape index (κ3) is 5.02. The minimum atomic E-state index is -4.76. The fourth-order valence-electron chi connectivity index (χ4n) is 3.68. The number of ether oxygens (including phenoxy) is 2. The molecule has 6 nitrogen and oxygen atoms in total. The number of carbonyl (C=O) groups excluding carboxylic acids is 2. The van der Waals surface area contributed by atoms with Crippen LogP contribution in [0.25, 0.3) is 0 Å². The first-order valence-corrected chi connectivity index (χ1v) is 10.7. The third-order valence-corrected chi connectivity index (χ3v) is 6.63. The topological polar surface area (TPSA) is 74.6 Å². The van der Waals surface area contributed by atoms with Gasteiger partial charge in [-0.3, -0.25) is 14.2 Å². The number of thiazole rings is 1. The van der Waals surface area contributed by atoms with Gasteiger partial charge in [-0.2, -0.15) is 17.6 Å². The molecule has 0 unspecified atom stereocenters. The van der Waals surface area contributed by atoms with Gasteiger partial charge in [0.25, 0.3) is 0 Å². The van der Waals surface area contributed by atoms with Gasteiger partial charge in [0.1, 0.15) is 12.3 Å². The molecule has 2 atom stereocenters. The van der Waals surface area contributed by atoms with Crippen molar-refractivity contribution in [3.05, 3.63) is 32.1 Å². The number of alkyl halides is 3. The van der Waals surface area contributed by atoms with Crippen LogP contribution < -0.4 is 4.87 Å². The summed E-state index contributed by atoms with van der Waals surface area (Å²) in [6.07, 6.45) is -2.23. The molecule has 2 saturated carbocycles. The van der Waals surface area contributed by atoms with E-state index in [0.29, 0.717) is 15.9 Å². The minimum Gasteiger partial charge on any atom is -0.461 e. The van der Waals surface area contributed by atoms with E-state index in [9.17, 15) is 31.9 Å². The second kappa shape index (κ2) is 8.40. The van der Waals surface area contributed by atoms with Gasteiger partial charge in [0, 0.05) is 6.54 Å². The lowest BCUT2D eigenvalue weighted by atomic mass is 10.1. The highest BCUT2D eigenvalue weighted by Gasteiger charge is 2.62. The van der Waals surface area contributed by atoms with Crippen LogP contribution in [0.15, 0.2) is 16.7 Å². The molecule has 1 heterocycles. The minimum absolute atomic E-state index is 0.00617. The van der Waals surface area contributed by atoms with Crippen molar-refractivity contribution in [3.63, 3.8) is 0 Å². The quantitative estimate of drug-likeness (QED) is 0.329. The maximum absolute atomic E-state index is 13.9. The molecule has 2 aliphatic carbocycles. The van der Waals surface area contributed by atoms with Crippen molar-refractivity contribution in [1.82, 2.24) is 4.57 Å². The van der Waals surface area contributed by atoms with Crippen molar-refractivity contribution >= 4 is 23.3 Å². The Hall–Kier alpha value is -2.17. The van der Waals surface area contributed by atoms with E-state index < -0.39 is 58.4 Å². The van der Waals surface area contributed by atoms with Crippen molar-refractivity contribution in [3.8, 4) is 0 Å². The lowest BCUT2D eigenvalue weighted by molar-refractivity contribution is -0.151. The van der Waals surface area contributed by atoms with Gasteiger partial charge in [-0.1, -0.05) is 25.2 Å². The van der Waals surface area contributed by atoms with Crippen LogP contribution in [0.4, 0.5) is 17.6 Å². The van der Waals surface area contributed by atoms with Crippen molar-refractivity contribution in [1.29, 1.82) is 0 Å². The van der Waals surface area contributed by atoms with Gasteiger partial charge in [-0.25, -0.2) is 4.79 Å². The Morgan fingerprint density at radius 2 is 1.90 bits per heavy atom. The lowest BCUT2D eigenvalue weighted by Crippen LogP contribution is -2.23. The maximum atomic E-state index is 13.9. The Morgan fingerprint density at radius 1 is 1.26 bits per heavy atom. The molecule has 0 bridgehead atoms. The largest absolute Gasteiger partial charge is 0.461 e. The summed E-state index contributed by atoms with van der Waals surface area (Å²) < 4.78 is 65.0. The Kier molecular flexibility index (Phi) is 6.37. The smallest absolute Gasteiger partial charge is 0.432 e. The summed E-state index contributed by atoms with van der Waals surface area (Å²) in [5, 5.41) is 0. The van der Waals surface area contributed by atoms with Gasteiger partial charge in [-0.15, -0.1) is 0 Å². The van der Waals surface area contributed by atoms with Gasteiger partial charge in [0.05, 0.1) is 17.4 Å². The molecule has 31 heavy (non-hydrogen) atoms. The third-order valence-electron chi connectivity index (χ3n) is 5.68. The molecule has 0 aliphatic heterocycles. The molecule has 11 heteroatoms. The fraction of sp³-hybridized carbons (Fsp3) is 0.650. The zero-order chi connectivity index (χ0) is 23.1. The molecule has 2 fully saturated rings. The van der Waals surface area contributed by atoms with E-state index in [-0.39, 0.29) is 23.9 Å². The fourth-order valence-corrected chi connectivity index (χ4v) is 4.60. The Morgan fingerprint density at radius 3 is 2.45 bits per heavy atom. The summed E-state index contributed by atoms with van der Waals surface area (Å²) in [6.45, 7) is 4.12. The van der Waals surface area contributed by atoms with Gasteiger partial charge < -0.3 is 9.47 Å². The molecule has 3 rings (SSSR count). The Bertz CT molecular complexity index is 958. The summed E-state index contributed by atoms with van der Waals surface area (Å²) >= 11 is 0.410. The first kappa shape index (κ1) is 23.5. The molecule has 0 saturated heterocycles. The molecule has 0 amide bonds. The number of rotatable bonds is 8. The highest BCUT2D eigenvalue weighted by atomic mass is 32.1. The zero-order valence-electron chi connectivity index (χ0n) is 17.3. The lowest BCUT2D eigenvalue weighted by Gasteiger charge is -2.13. The van der Waals surface area contributed by atoms with E-state index >= 15 is 0 Å². The van der Waals surface area contributed by atoms with Crippen LogP contribution in [0, 0.1) is 23.2 Å². The van der Waals surface area contributed by atoms with E-state index in [4.69, 9.17) is 4.74 Å². The second-order valence-corrected chi connectivity index (χ2v) is 9.41. The standard InChI is InChI=1S/C20H23F4NO5S/c1-4-29-16(26)12(21)7-11-14(19(11,2)3)17(27)30-9-13-15(20(22,23)24)25(18(28)31-13)8-10-5-6-10/h7,10-11,14H,4-6,8-9H2,1-3H3/t11-,14-/m0/s1. The summed E-state index contributed by atoms with van der Waals surface area (Å²) in [5.41, 5.74) is -1.82. The van der Waals surface area contributed by atoms with Crippen LogP contribution in [0.1, 0.15) is 44.2 Å². The van der Waals surface area contributed by atoms with Crippen LogP contribution in [0.2, 0.25) is 0 Å². The van der Waals surface area contributed by atoms with E-state index in [2.05, 4.69) is 4.74 Å². The summed E-state index contributed by atoms with van der Waals surface area (Å²) in [6, 6.07) is 0. The first-order chi connectivity index (χ1) is 14.4. The first-order valence-electron chi connectivity index (χ1n) is 9.88. The van der Waals surface area contributed by atoms with E-state index in [1.165, 1.54) is 6.92 Å². The number of hydrogen-bond donors (Lipinski definition) is 0. The monoisotopic (exact) mass is 465 g/mol. The molecular formula is C20H23F4NO5S. The maximum Gasteiger partial charge on any atom is 0.432 e. The van der Waals surface area contributed by atoms with Gasteiger partial charge >= 0.3 is 23.0 Å². The molecule has 0 spiro atoms. The van der Waals surface area contributed by atoms with Crippen LogP contribution in [0.3, 0.4) is 0 Å². The average Bonchev–Trinajstić information content (AvgIpc) is 3.52. The number of halogens is 4. The van der Waals surface area contributed by atoms with Gasteiger partial charge in [0.2, 0.25) is 5.83 Å². The van der Waals surface area contributed by atoms with Crippen molar-refractivity contribution in [2.24, 2.45) is 23.2 Å². The molecule has 2 aliphatic rings. The van der Waals surface area contributed by atoms with E-state index in [1.54, 1.807) is 13.8 Å². The number of nitrogens with zero attached hydrogens (tertiary/aromatic N) is 1. The van der Waals surface area contributed by atoms with Crippen LogP contribution in [-0.2, 0) is 38.4 Å².